The van der Waals surface area contributed by atoms with Crippen LogP contribution in [0.5, 0.6) is 0 Å². The van der Waals surface area contributed by atoms with Crippen molar-refractivity contribution in [3.63, 3.8) is 0 Å². The number of thiocarbonyl (C=S) groups is 1. The van der Waals surface area contributed by atoms with E-state index in [1.54, 1.807) is 24.3 Å². The molecule has 0 aromatic heterocycles. The number of carbonyl (C=O) groups is 1. The second kappa shape index (κ2) is 7.18. The summed E-state index contributed by atoms with van der Waals surface area (Å²) in [6, 6.07) is 12.6. The second-order valence-corrected chi connectivity index (χ2v) is 7.28. The monoisotopic (exact) mass is 413 g/mol. The second-order valence-electron chi connectivity index (χ2n) is 4.46. The van der Waals surface area contributed by atoms with Gasteiger partial charge in [-0.3, -0.25) is 10.1 Å². The van der Waals surface area contributed by atoms with Gasteiger partial charge in [0, 0.05) is 10.2 Å². The van der Waals surface area contributed by atoms with Crippen LogP contribution in [0.3, 0.4) is 0 Å². The van der Waals surface area contributed by atoms with Gasteiger partial charge < -0.3 is 5.32 Å². The zero-order valence-corrected chi connectivity index (χ0v) is 14.8. The zero-order chi connectivity index (χ0) is 17.0. The molecule has 0 bridgehead atoms. The lowest BCUT2D eigenvalue weighted by atomic mass is 10.2. The van der Waals surface area contributed by atoms with Gasteiger partial charge in [-0.25, -0.2) is 13.6 Å². The molecule has 0 saturated carbocycles. The van der Waals surface area contributed by atoms with Crippen molar-refractivity contribution in [3.05, 3.63) is 58.6 Å². The van der Waals surface area contributed by atoms with Gasteiger partial charge in [-0.1, -0.05) is 12.1 Å². The predicted octanol–water partition coefficient (Wildman–Crippen LogP) is 2.22. The molecule has 9 heteroatoms. The third kappa shape index (κ3) is 4.83. The van der Waals surface area contributed by atoms with Crippen molar-refractivity contribution in [2.24, 2.45) is 5.14 Å². The molecule has 2 aromatic carbocycles. The molecule has 4 N–H and O–H groups in total. The van der Waals surface area contributed by atoms with Gasteiger partial charge in [-0.15, -0.1) is 0 Å². The molecule has 0 fully saturated rings. The van der Waals surface area contributed by atoms with Crippen LogP contribution in [0.1, 0.15) is 10.4 Å². The van der Waals surface area contributed by atoms with Crippen molar-refractivity contribution in [2.45, 2.75) is 4.90 Å². The summed E-state index contributed by atoms with van der Waals surface area (Å²) in [6.07, 6.45) is 0. The number of benzene rings is 2. The minimum absolute atomic E-state index is 0.00813. The van der Waals surface area contributed by atoms with Crippen LogP contribution in [0.4, 0.5) is 5.69 Å². The van der Waals surface area contributed by atoms with Crippen molar-refractivity contribution in [1.29, 1.82) is 0 Å². The molecule has 0 radical (unpaired) electrons. The molecular weight excluding hydrogens is 402 g/mol. The smallest absolute Gasteiger partial charge is 0.258 e. The van der Waals surface area contributed by atoms with Gasteiger partial charge in [0.1, 0.15) is 0 Å². The number of anilines is 1. The summed E-state index contributed by atoms with van der Waals surface area (Å²) in [5, 5.41) is 10.4. The number of halogens is 1. The van der Waals surface area contributed by atoms with Crippen molar-refractivity contribution < 1.29 is 13.2 Å². The van der Waals surface area contributed by atoms with Crippen LogP contribution in [-0.2, 0) is 10.0 Å². The van der Waals surface area contributed by atoms with E-state index in [0.717, 1.165) is 0 Å². The van der Waals surface area contributed by atoms with Gasteiger partial charge >= 0.3 is 0 Å². The Kier molecular flexibility index (Phi) is 5.47. The van der Waals surface area contributed by atoms with Crippen LogP contribution in [0.25, 0.3) is 0 Å². The maximum atomic E-state index is 12.1. The summed E-state index contributed by atoms with van der Waals surface area (Å²) in [6.45, 7) is 0. The highest BCUT2D eigenvalue weighted by molar-refractivity contribution is 9.10. The Hall–Kier alpha value is -1.81. The number of hydrogen-bond acceptors (Lipinski definition) is 4. The van der Waals surface area contributed by atoms with Crippen LogP contribution in [0.15, 0.2) is 57.9 Å². The fourth-order valence-electron chi connectivity index (χ4n) is 1.71. The van der Waals surface area contributed by atoms with Crippen molar-refractivity contribution >= 4 is 54.9 Å². The minimum Gasteiger partial charge on any atom is -0.332 e. The van der Waals surface area contributed by atoms with E-state index in [4.69, 9.17) is 17.4 Å². The van der Waals surface area contributed by atoms with E-state index in [2.05, 4.69) is 26.6 Å². The number of rotatable bonds is 3. The van der Waals surface area contributed by atoms with Crippen LogP contribution in [0, 0.1) is 0 Å². The molecule has 1 amide bonds. The first-order valence-corrected chi connectivity index (χ1v) is 9.02. The summed E-state index contributed by atoms with van der Waals surface area (Å²) in [7, 11) is -3.74. The number of sulfonamides is 1. The lowest BCUT2D eigenvalue weighted by molar-refractivity contribution is 0.0977. The standard InChI is InChI=1S/C14H12BrN3O3S2/c15-12-4-2-1-3-11(12)13(19)18-14(22)17-9-5-7-10(8-6-9)23(16,20)21/h1-8H,(H2,16,20,21)(H2,17,18,19,22). The Labute approximate surface area is 147 Å². The van der Waals surface area contributed by atoms with Crippen molar-refractivity contribution in [2.75, 3.05) is 5.32 Å². The quantitative estimate of drug-likeness (QED) is 0.669. The number of nitrogens with two attached hydrogens (primary N) is 1. The van der Waals surface area contributed by atoms with E-state index in [1.807, 2.05) is 0 Å². The maximum Gasteiger partial charge on any atom is 0.258 e. The van der Waals surface area contributed by atoms with E-state index < -0.39 is 10.0 Å². The largest absolute Gasteiger partial charge is 0.332 e. The Morgan fingerprint density at radius 1 is 1.09 bits per heavy atom. The Bertz CT molecular complexity index is 852. The van der Waals surface area contributed by atoms with E-state index in [9.17, 15) is 13.2 Å². The third-order valence-corrected chi connectivity index (χ3v) is 4.61. The lowest BCUT2D eigenvalue weighted by Gasteiger charge is -2.10. The fraction of sp³-hybridized carbons (Fsp3) is 0. The average molecular weight is 414 g/mol. The first-order chi connectivity index (χ1) is 10.8. The summed E-state index contributed by atoms with van der Waals surface area (Å²) < 4.78 is 23.0. The molecule has 0 aliphatic carbocycles. The highest BCUT2D eigenvalue weighted by Gasteiger charge is 2.11. The van der Waals surface area contributed by atoms with Gasteiger partial charge in [-0.2, -0.15) is 0 Å². The SMILES string of the molecule is NS(=O)(=O)c1ccc(NC(=S)NC(=O)c2ccccc2Br)cc1. The van der Waals surface area contributed by atoms with Crippen molar-refractivity contribution in [1.82, 2.24) is 5.32 Å². The molecule has 2 rings (SSSR count). The summed E-state index contributed by atoms with van der Waals surface area (Å²) >= 11 is 8.35. The Balaban J connectivity index is 2.03. The lowest BCUT2D eigenvalue weighted by Crippen LogP contribution is -2.34. The van der Waals surface area contributed by atoms with E-state index in [1.165, 1.54) is 24.3 Å². The third-order valence-electron chi connectivity index (χ3n) is 2.79. The molecule has 0 aliphatic heterocycles. The van der Waals surface area contributed by atoms with Crippen LogP contribution in [-0.4, -0.2) is 19.4 Å². The molecule has 0 unspecified atom stereocenters. The highest BCUT2D eigenvalue weighted by atomic mass is 79.9. The molecule has 120 valence electrons. The van der Waals surface area contributed by atoms with Crippen LogP contribution in [0.2, 0.25) is 0 Å². The molecule has 23 heavy (non-hydrogen) atoms. The summed E-state index contributed by atoms with van der Waals surface area (Å²) in [5.41, 5.74) is 0.969. The van der Waals surface area contributed by atoms with Gasteiger partial charge in [0.25, 0.3) is 5.91 Å². The van der Waals surface area contributed by atoms with Gasteiger partial charge in [-0.05, 0) is 64.5 Å². The van der Waals surface area contributed by atoms with Gasteiger partial charge in [0.2, 0.25) is 10.0 Å². The number of amides is 1. The number of nitrogens with one attached hydrogen (secondary N) is 2. The molecule has 0 heterocycles. The first kappa shape index (κ1) is 17.5. The van der Waals surface area contributed by atoms with Crippen LogP contribution < -0.4 is 15.8 Å². The summed E-state index contributed by atoms with van der Waals surface area (Å²) in [5.74, 6) is -0.365. The normalized spacial score (nSPS) is 10.9. The van der Waals surface area contributed by atoms with E-state index in [-0.39, 0.29) is 15.9 Å². The Morgan fingerprint density at radius 3 is 2.26 bits per heavy atom. The Morgan fingerprint density at radius 2 is 1.70 bits per heavy atom. The first-order valence-electron chi connectivity index (χ1n) is 6.27. The van der Waals surface area contributed by atoms with Crippen LogP contribution >= 0.6 is 28.1 Å². The number of primary sulfonamides is 1. The van der Waals surface area contributed by atoms with E-state index >= 15 is 0 Å². The predicted molar refractivity (Wildman–Crippen MR) is 95.6 cm³/mol. The molecule has 0 atom stereocenters. The van der Waals surface area contributed by atoms with Gasteiger partial charge in [0.05, 0.1) is 10.5 Å². The summed E-state index contributed by atoms with van der Waals surface area (Å²) in [4.78, 5) is 12.1. The molecular formula is C14H12BrN3O3S2. The zero-order valence-electron chi connectivity index (χ0n) is 11.6. The number of hydrogen-bond donors (Lipinski definition) is 3. The minimum atomic E-state index is -3.74. The fourth-order valence-corrected chi connectivity index (χ4v) is 2.90. The molecule has 0 spiro atoms. The maximum absolute atomic E-state index is 12.1. The topological polar surface area (TPSA) is 101 Å². The molecule has 2 aromatic rings. The van der Waals surface area contributed by atoms with Gasteiger partial charge in [0.15, 0.2) is 5.11 Å². The average Bonchev–Trinajstić information content (AvgIpc) is 2.47. The van der Waals surface area contributed by atoms with E-state index in [0.29, 0.717) is 15.7 Å². The van der Waals surface area contributed by atoms with Crippen molar-refractivity contribution in [3.8, 4) is 0 Å². The highest BCUT2D eigenvalue weighted by Crippen LogP contribution is 2.16. The molecule has 0 saturated heterocycles. The molecule has 0 aliphatic rings. The number of carbonyl (C=O) groups excluding carboxylic acids is 1. The molecule has 6 nitrogen and oxygen atoms in total.